The van der Waals surface area contributed by atoms with Gasteiger partial charge in [0.15, 0.2) is 11.5 Å². The van der Waals surface area contributed by atoms with Gasteiger partial charge >= 0.3 is 0 Å². The van der Waals surface area contributed by atoms with Crippen LogP contribution in [0.4, 0.5) is 5.69 Å². The van der Waals surface area contributed by atoms with Gasteiger partial charge in [-0.25, -0.2) is 0 Å². The molecule has 3 heteroatoms. The third-order valence-corrected chi connectivity index (χ3v) is 3.51. The van der Waals surface area contributed by atoms with E-state index in [1.54, 1.807) is 7.11 Å². The fraction of sp³-hybridized carbons (Fsp3) is 0.294. The average molecular weight is 271 g/mol. The van der Waals surface area contributed by atoms with E-state index in [0.717, 1.165) is 34.7 Å². The number of nitrogens with two attached hydrogens (primary N) is 1. The molecule has 0 heterocycles. The first-order valence-corrected chi connectivity index (χ1v) is 6.79. The first-order chi connectivity index (χ1) is 9.65. The van der Waals surface area contributed by atoms with Crippen molar-refractivity contribution in [3.05, 3.63) is 53.1 Å². The summed E-state index contributed by atoms with van der Waals surface area (Å²) in [7, 11) is 1.66. The minimum absolute atomic E-state index is 0.485. The van der Waals surface area contributed by atoms with Crippen molar-refractivity contribution in [1.29, 1.82) is 0 Å². The van der Waals surface area contributed by atoms with Crippen molar-refractivity contribution >= 4 is 5.69 Å². The molecular formula is C17H21NO2. The third kappa shape index (κ3) is 3.05. The zero-order valence-electron chi connectivity index (χ0n) is 12.3. The van der Waals surface area contributed by atoms with Gasteiger partial charge in [0.25, 0.3) is 0 Å². The molecule has 0 fully saturated rings. The number of hydrogen-bond donors (Lipinski definition) is 1. The summed E-state index contributed by atoms with van der Waals surface area (Å²) in [5.41, 5.74) is 10.1. The lowest BCUT2D eigenvalue weighted by molar-refractivity contribution is 0.284. The van der Waals surface area contributed by atoms with E-state index in [1.807, 2.05) is 37.3 Å². The van der Waals surface area contributed by atoms with E-state index in [4.69, 9.17) is 15.2 Å². The van der Waals surface area contributed by atoms with Crippen molar-refractivity contribution in [2.45, 2.75) is 26.9 Å². The smallest absolute Gasteiger partial charge is 0.161 e. The fourth-order valence-electron chi connectivity index (χ4n) is 2.07. The molecule has 0 bridgehead atoms. The first-order valence-electron chi connectivity index (χ1n) is 6.79. The molecule has 0 saturated carbocycles. The standard InChI is InChI=1S/C17H21NO2/c1-4-13-8-9-16(17(10-13)19-3)20-11-14-6-5-7-15(18)12(14)2/h5-10H,4,11,18H2,1-3H3. The minimum Gasteiger partial charge on any atom is -0.493 e. The Kier molecular flexibility index (Phi) is 4.51. The summed E-state index contributed by atoms with van der Waals surface area (Å²) >= 11 is 0. The van der Waals surface area contributed by atoms with Gasteiger partial charge in [-0.2, -0.15) is 0 Å². The molecule has 20 heavy (non-hydrogen) atoms. The monoisotopic (exact) mass is 271 g/mol. The van der Waals surface area contributed by atoms with Crippen LogP contribution < -0.4 is 15.2 Å². The van der Waals surface area contributed by atoms with E-state index in [0.29, 0.717) is 6.61 Å². The molecule has 0 aromatic heterocycles. The molecule has 0 unspecified atom stereocenters. The summed E-state index contributed by atoms with van der Waals surface area (Å²) < 4.78 is 11.2. The Balaban J connectivity index is 2.16. The SMILES string of the molecule is CCc1ccc(OCc2cccc(N)c2C)c(OC)c1. The van der Waals surface area contributed by atoms with Gasteiger partial charge in [-0.05, 0) is 48.2 Å². The van der Waals surface area contributed by atoms with Gasteiger partial charge in [-0.1, -0.05) is 25.1 Å². The molecular weight excluding hydrogens is 250 g/mol. The first kappa shape index (κ1) is 14.3. The average Bonchev–Trinajstić information content (AvgIpc) is 2.48. The lowest BCUT2D eigenvalue weighted by Gasteiger charge is -2.13. The zero-order valence-corrected chi connectivity index (χ0v) is 12.3. The third-order valence-electron chi connectivity index (χ3n) is 3.51. The van der Waals surface area contributed by atoms with Crippen LogP contribution in [0.15, 0.2) is 36.4 Å². The van der Waals surface area contributed by atoms with Gasteiger partial charge in [0.2, 0.25) is 0 Å². The van der Waals surface area contributed by atoms with Crippen LogP contribution in [-0.2, 0) is 13.0 Å². The number of hydrogen-bond acceptors (Lipinski definition) is 3. The van der Waals surface area contributed by atoms with E-state index >= 15 is 0 Å². The van der Waals surface area contributed by atoms with Crippen molar-refractivity contribution in [2.24, 2.45) is 0 Å². The van der Waals surface area contributed by atoms with Crippen LogP contribution in [0.1, 0.15) is 23.6 Å². The summed E-state index contributed by atoms with van der Waals surface area (Å²) in [6.07, 6.45) is 0.977. The summed E-state index contributed by atoms with van der Waals surface area (Å²) in [5, 5.41) is 0. The molecule has 0 atom stereocenters. The van der Waals surface area contributed by atoms with E-state index in [-0.39, 0.29) is 0 Å². The van der Waals surface area contributed by atoms with Crippen LogP contribution in [0.3, 0.4) is 0 Å². The molecule has 2 N–H and O–H groups in total. The van der Waals surface area contributed by atoms with Crippen molar-refractivity contribution in [3.8, 4) is 11.5 Å². The topological polar surface area (TPSA) is 44.5 Å². The Labute approximate surface area is 120 Å². The highest BCUT2D eigenvalue weighted by atomic mass is 16.5. The molecule has 2 aromatic carbocycles. The number of nitrogen functional groups attached to an aromatic ring is 1. The van der Waals surface area contributed by atoms with Gasteiger partial charge in [0, 0.05) is 5.69 Å². The Morgan fingerprint density at radius 1 is 1.10 bits per heavy atom. The summed E-state index contributed by atoms with van der Waals surface area (Å²) in [5.74, 6) is 1.53. The van der Waals surface area contributed by atoms with E-state index in [2.05, 4.69) is 13.0 Å². The number of ether oxygens (including phenoxy) is 2. The van der Waals surface area contributed by atoms with Gasteiger partial charge in [0.05, 0.1) is 7.11 Å². The zero-order chi connectivity index (χ0) is 14.5. The largest absolute Gasteiger partial charge is 0.493 e. The number of benzene rings is 2. The van der Waals surface area contributed by atoms with Crippen LogP contribution in [0.2, 0.25) is 0 Å². The quantitative estimate of drug-likeness (QED) is 0.843. The number of rotatable bonds is 5. The molecule has 0 radical (unpaired) electrons. The Morgan fingerprint density at radius 3 is 2.60 bits per heavy atom. The van der Waals surface area contributed by atoms with Gasteiger partial charge in [0.1, 0.15) is 6.61 Å². The van der Waals surface area contributed by atoms with Crippen molar-refractivity contribution in [1.82, 2.24) is 0 Å². The van der Waals surface area contributed by atoms with Crippen LogP contribution in [-0.4, -0.2) is 7.11 Å². The minimum atomic E-state index is 0.485. The second kappa shape index (κ2) is 6.33. The normalized spacial score (nSPS) is 10.3. The predicted molar refractivity (Wildman–Crippen MR) is 82.3 cm³/mol. The number of anilines is 1. The molecule has 0 saturated heterocycles. The van der Waals surface area contributed by atoms with Gasteiger partial charge in [-0.3, -0.25) is 0 Å². The number of aryl methyl sites for hydroxylation is 1. The number of methoxy groups -OCH3 is 1. The van der Waals surface area contributed by atoms with E-state index in [9.17, 15) is 0 Å². The molecule has 106 valence electrons. The predicted octanol–water partition coefficient (Wildman–Crippen LogP) is 3.73. The van der Waals surface area contributed by atoms with Crippen LogP contribution in [0.5, 0.6) is 11.5 Å². The molecule has 2 rings (SSSR count). The van der Waals surface area contributed by atoms with Crippen LogP contribution in [0, 0.1) is 6.92 Å². The highest BCUT2D eigenvalue weighted by molar-refractivity contribution is 5.50. The molecule has 3 nitrogen and oxygen atoms in total. The lowest BCUT2D eigenvalue weighted by Crippen LogP contribution is -2.02. The molecule has 0 amide bonds. The van der Waals surface area contributed by atoms with Crippen molar-refractivity contribution in [2.75, 3.05) is 12.8 Å². The maximum Gasteiger partial charge on any atom is 0.161 e. The Hall–Kier alpha value is -2.16. The molecule has 0 aliphatic rings. The van der Waals surface area contributed by atoms with E-state index < -0.39 is 0 Å². The summed E-state index contributed by atoms with van der Waals surface area (Å²) in [6.45, 7) is 4.61. The maximum absolute atomic E-state index is 5.90. The lowest BCUT2D eigenvalue weighted by atomic mass is 10.1. The van der Waals surface area contributed by atoms with Crippen molar-refractivity contribution in [3.63, 3.8) is 0 Å². The molecule has 2 aromatic rings. The fourth-order valence-corrected chi connectivity index (χ4v) is 2.07. The van der Waals surface area contributed by atoms with Gasteiger partial charge < -0.3 is 15.2 Å². The maximum atomic E-state index is 5.90. The summed E-state index contributed by atoms with van der Waals surface area (Å²) in [6, 6.07) is 11.9. The highest BCUT2D eigenvalue weighted by Crippen LogP contribution is 2.29. The van der Waals surface area contributed by atoms with E-state index in [1.165, 1.54) is 5.56 Å². The van der Waals surface area contributed by atoms with Gasteiger partial charge in [-0.15, -0.1) is 0 Å². The second-order valence-corrected chi connectivity index (χ2v) is 4.76. The van der Waals surface area contributed by atoms with Crippen LogP contribution >= 0.6 is 0 Å². The van der Waals surface area contributed by atoms with Crippen LogP contribution in [0.25, 0.3) is 0 Å². The second-order valence-electron chi connectivity index (χ2n) is 4.76. The molecule has 0 spiro atoms. The van der Waals surface area contributed by atoms with Crippen molar-refractivity contribution < 1.29 is 9.47 Å². The molecule has 0 aliphatic heterocycles. The highest BCUT2D eigenvalue weighted by Gasteiger charge is 2.07. The Bertz CT molecular complexity index is 594. The summed E-state index contributed by atoms with van der Waals surface area (Å²) in [4.78, 5) is 0. The molecule has 0 aliphatic carbocycles. The Morgan fingerprint density at radius 2 is 1.90 bits per heavy atom.